The zero-order valence-corrected chi connectivity index (χ0v) is 15.8. The molecule has 0 radical (unpaired) electrons. The highest BCUT2D eigenvalue weighted by Gasteiger charge is 2.39. The fraction of sp³-hybridized carbons (Fsp3) is 0.409. The van der Waals surface area contributed by atoms with Crippen molar-refractivity contribution in [1.82, 2.24) is 5.32 Å². The summed E-state index contributed by atoms with van der Waals surface area (Å²) in [6, 6.07) is 15.4. The molecule has 2 heterocycles. The molecule has 0 saturated carbocycles. The minimum absolute atomic E-state index is 0.0602. The molecule has 0 aromatic heterocycles. The molecule has 28 heavy (non-hydrogen) atoms. The second kappa shape index (κ2) is 8.00. The number of nitro benzene ring substituents is 1. The molecule has 6 heteroatoms. The van der Waals surface area contributed by atoms with Gasteiger partial charge in [0, 0.05) is 37.0 Å². The number of benzene rings is 2. The first-order valence-corrected chi connectivity index (χ1v) is 9.99. The summed E-state index contributed by atoms with van der Waals surface area (Å²) < 4.78 is 0. The van der Waals surface area contributed by atoms with Gasteiger partial charge in [-0.1, -0.05) is 30.3 Å². The fourth-order valence-corrected chi connectivity index (χ4v) is 4.55. The Bertz CT molecular complexity index is 869. The normalized spacial score (nSPS) is 20.8. The van der Waals surface area contributed by atoms with Crippen molar-refractivity contribution in [1.29, 1.82) is 0 Å². The van der Waals surface area contributed by atoms with Gasteiger partial charge >= 0.3 is 0 Å². The topological polar surface area (TPSA) is 75.5 Å². The molecule has 6 nitrogen and oxygen atoms in total. The molecule has 0 unspecified atom stereocenters. The standard InChI is InChI=1S/C22H25N3O3/c26-22(23-12-11-16-6-2-1-3-7-16)19-15-17-14-18(25(27)28)9-10-20(17)24-13-5-4-8-21(19)24/h1-3,6-7,9-10,14,19,21H,4-5,8,11-13,15H2,(H,23,26)/t19-,21-/m0/s1. The molecule has 2 aromatic carbocycles. The average Bonchev–Trinajstić information content (AvgIpc) is 2.73. The molecule has 0 bridgehead atoms. The van der Waals surface area contributed by atoms with Crippen molar-refractivity contribution in [3.8, 4) is 0 Å². The number of non-ortho nitro benzene ring substituents is 1. The molecule has 1 fully saturated rings. The van der Waals surface area contributed by atoms with Crippen LogP contribution in [0.15, 0.2) is 48.5 Å². The van der Waals surface area contributed by atoms with Gasteiger partial charge in [0.25, 0.3) is 5.69 Å². The number of carbonyl (C=O) groups excluding carboxylic acids is 1. The maximum absolute atomic E-state index is 13.0. The quantitative estimate of drug-likeness (QED) is 0.637. The van der Waals surface area contributed by atoms with Crippen molar-refractivity contribution < 1.29 is 9.72 Å². The van der Waals surface area contributed by atoms with Crippen LogP contribution in [0.1, 0.15) is 30.4 Å². The van der Waals surface area contributed by atoms with E-state index in [2.05, 4.69) is 22.3 Å². The Hall–Kier alpha value is -2.89. The van der Waals surface area contributed by atoms with Crippen LogP contribution in [0.5, 0.6) is 0 Å². The van der Waals surface area contributed by atoms with Crippen LogP contribution in [-0.2, 0) is 17.6 Å². The first-order valence-electron chi connectivity index (χ1n) is 9.99. The number of hydrogen-bond donors (Lipinski definition) is 1. The molecule has 2 atom stereocenters. The molecule has 1 amide bonds. The summed E-state index contributed by atoms with van der Waals surface area (Å²) in [5, 5.41) is 14.3. The van der Waals surface area contributed by atoms with Gasteiger partial charge in [0.15, 0.2) is 0 Å². The molecule has 2 aromatic rings. The summed E-state index contributed by atoms with van der Waals surface area (Å²) in [5.74, 6) is -0.101. The second-order valence-electron chi connectivity index (χ2n) is 7.66. The molecule has 1 saturated heterocycles. The Kier molecular flexibility index (Phi) is 5.28. The van der Waals surface area contributed by atoms with Crippen LogP contribution in [0, 0.1) is 16.0 Å². The van der Waals surface area contributed by atoms with Crippen molar-refractivity contribution >= 4 is 17.3 Å². The van der Waals surface area contributed by atoms with Gasteiger partial charge in [0.05, 0.1) is 10.8 Å². The minimum Gasteiger partial charge on any atom is -0.368 e. The number of piperidine rings is 1. The minimum atomic E-state index is -0.364. The van der Waals surface area contributed by atoms with Crippen molar-refractivity contribution in [3.63, 3.8) is 0 Å². The van der Waals surface area contributed by atoms with Gasteiger partial charge in [-0.15, -0.1) is 0 Å². The van der Waals surface area contributed by atoms with Gasteiger partial charge in [0.1, 0.15) is 0 Å². The Morgan fingerprint density at radius 3 is 2.79 bits per heavy atom. The molecule has 1 N–H and O–H groups in total. The summed E-state index contributed by atoms with van der Waals surface area (Å²) in [5.41, 5.74) is 3.27. The van der Waals surface area contributed by atoms with Gasteiger partial charge in [-0.25, -0.2) is 0 Å². The van der Waals surface area contributed by atoms with E-state index in [1.54, 1.807) is 12.1 Å². The number of rotatable bonds is 5. The maximum atomic E-state index is 13.0. The number of nitrogens with zero attached hydrogens (tertiary/aromatic N) is 2. The number of nitrogens with one attached hydrogen (secondary N) is 1. The lowest BCUT2D eigenvalue weighted by atomic mass is 9.80. The third kappa shape index (κ3) is 3.72. The second-order valence-corrected chi connectivity index (χ2v) is 7.66. The van der Waals surface area contributed by atoms with Gasteiger partial charge in [0.2, 0.25) is 5.91 Å². The van der Waals surface area contributed by atoms with Crippen LogP contribution in [0.25, 0.3) is 0 Å². The lowest BCUT2D eigenvalue weighted by Gasteiger charge is -2.45. The van der Waals surface area contributed by atoms with Crippen LogP contribution >= 0.6 is 0 Å². The predicted octanol–water partition coefficient (Wildman–Crippen LogP) is 3.48. The highest BCUT2D eigenvalue weighted by molar-refractivity contribution is 5.82. The summed E-state index contributed by atoms with van der Waals surface area (Å²) in [7, 11) is 0. The van der Waals surface area contributed by atoms with Crippen LogP contribution in [-0.4, -0.2) is 30.0 Å². The van der Waals surface area contributed by atoms with Crippen molar-refractivity contribution in [2.24, 2.45) is 5.92 Å². The number of nitro groups is 1. The van der Waals surface area contributed by atoms with Gasteiger partial charge < -0.3 is 10.2 Å². The third-order valence-corrected chi connectivity index (χ3v) is 5.93. The summed E-state index contributed by atoms with van der Waals surface area (Å²) >= 11 is 0. The molecule has 2 aliphatic heterocycles. The van der Waals surface area contributed by atoms with E-state index in [0.29, 0.717) is 13.0 Å². The summed E-state index contributed by atoms with van der Waals surface area (Å²) in [6.07, 6.45) is 4.57. The van der Waals surface area contributed by atoms with E-state index in [0.717, 1.165) is 43.5 Å². The lowest BCUT2D eigenvalue weighted by molar-refractivity contribution is -0.384. The van der Waals surface area contributed by atoms with E-state index >= 15 is 0 Å². The van der Waals surface area contributed by atoms with Crippen LogP contribution in [0.3, 0.4) is 0 Å². The van der Waals surface area contributed by atoms with E-state index in [9.17, 15) is 14.9 Å². The van der Waals surface area contributed by atoms with E-state index in [1.165, 1.54) is 5.56 Å². The van der Waals surface area contributed by atoms with Crippen LogP contribution in [0.4, 0.5) is 11.4 Å². The molecular weight excluding hydrogens is 354 g/mol. The molecular formula is C22H25N3O3. The molecule has 4 rings (SSSR count). The van der Waals surface area contributed by atoms with Crippen molar-refractivity contribution in [2.75, 3.05) is 18.0 Å². The van der Waals surface area contributed by atoms with E-state index in [-0.39, 0.29) is 28.5 Å². The predicted molar refractivity (Wildman–Crippen MR) is 108 cm³/mol. The Morgan fingerprint density at radius 1 is 1.18 bits per heavy atom. The summed E-state index contributed by atoms with van der Waals surface area (Å²) in [4.78, 5) is 26.1. The van der Waals surface area contributed by atoms with Gasteiger partial charge in [-0.3, -0.25) is 14.9 Å². The van der Waals surface area contributed by atoms with Crippen LogP contribution < -0.4 is 10.2 Å². The molecule has 146 valence electrons. The smallest absolute Gasteiger partial charge is 0.269 e. The Balaban J connectivity index is 1.50. The Morgan fingerprint density at radius 2 is 2.00 bits per heavy atom. The molecule has 0 spiro atoms. The monoisotopic (exact) mass is 379 g/mol. The third-order valence-electron chi connectivity index (χ3n) is 5.93. The van der Waals surface area contributed by atoms with E-state index in [4.69, 9.17) is 0 Å². The lowest BCUT2D eigenvalue weighted by Crippen LogP contribution is -2.53. The van der Waals surface area contributed by atoms with Crippen LogP contribution in [0.2, 0.25) is 0 Å². The number of carbonyl (C=O) groups is 1. The number of hydrogen-bond acceptors (Lipinski definition) is 4. The Labute approximate surface area is 164 Å². The molecule has 0 aliphatic carbocycles. The van der Waals surface area contributed by atoms with Gasteiger partial charge in [-0.2, -0.15) is 0 Å². The highest BCUT2D eigenvalue weighted by Crippen LogP contribution is 2.39. The van der Waals surface area contributed by atoms with E-state index in [1.807, 2.05) is 24.3 Å². The summed E-state index contributed by atoms with van der Waals surface area (Å²) in [6.45, 7) is 1.51. The SMILES string of the molecule is O=C(NCCc1ccccc1)[C@H]1Cc2cc([N+](=O)[O-])ccc2N2CCCC[C@@H]12. The van der Waals surface area contributed by atoms with E-state index < -0.39 is 0 Å². The maximum Gasteiger partial charge on any atom is 0.269 e. The molecule has 2 aliphatic rings. The van der Waals surface area contributed by atoms with Crippen molar-refractivity contribution in [3.05, 3.63) is 69.8 Å². The fourth-order valence-electron chi connectivity index (χ4n) is 4.55. The first-order chi connectivity index (χ1) is 13.6. The average molecular weight is 379 g/mol. The largest absolute Gasteiger partial charge is 0.368 e. The first kappa shape index (κ1) is 18.5. The zero-order chi connectivity index (χ0) is 19.5. The number of fused-ring (bicyclic) bond motifs is 3. The van der Waals surface area contributed by atoms with Gasteiger partial charge in [-0.05, 0) is 49.3 Å². The highest BCUT2D eigenvalue weighted by atomic mass is 16.6. The number of anilines is 1. The van der Waals surface area contributed by atoms with Crippen molar-refractivity contribution in [2.45, 2.75) is 38.1 Å². The number of amides is 1. The zero-order valence-electron chi connectivity index (χ0n) is 15.8.